The van der Waals surface area contributed by atoms with Crippen LogP contribution in [0.25, 0.3) is 0 Å². The fourth-order valence-electron chi connectivity index (χ4n) is 1.91. The van der Waals surface area contributed by atoms with Crippen LogP contribution in [-0.2, 0) is 21.2 Å². The lowest BCUT2D eigenvalue weighted by Crippen LogP contribution is -2.34. The van der Waals surface area contributed by atoms with Gasteiger partial charge in [-0.25, -0.2) is 8.42 Å². The summed E-state index contributed by atoms with van der Waals surface area (Å²) in [4.78, 5) is 0.258. The van der Waals surface area contributed by atoms with Gasteiger partial charge in [0.05, 0.1) is 11.5 Å². The lowest BCUT2D eigenvalue weighted by molar-refractivity contribution is 0.182. The Morgan fingerprint density at radius 3 is 2.52 bits per heavy atom. The number of aliphatic hydroxyl groups excluding tert-OH is 1. The number of sulfonamides is 1. The summed E-state index contributed by atoms with van der Waals surface area (Å²) in [5.74, 6) is 0. The van der Waals surface area contributed by atoms with Crippen molar-refractivity contribution in [2.75, 3.05) is 33.4 Å². The summed E-state index contributed by atoms with van der Waals surface area (Å²) in [6.07, 6.45) is 2.96. The second-order valence-electron chi connectivity index (χ2n) is 4.62. The van der Waals surface area contributed by atoms with E-state index in [-0.39, 0.29) is 24.6 Å². The van der Waals surface area contributed by atoms with Gasteiger partial charge in [-0.1, -0.05) is 18.2 Å². The van der Waals surface area contributed by atoms with E-state index in [1.54, 1.807) is 30.3 Å². The number of nitrogens with zero attached hydrogens (tertiary/aromatic N) is 1. The minimum absolute atomic E-state index is 0.129. The molecule has 0 radical (unpaired) electrons. The molecule has 21 heavy (non-hydrogen) atoms. The fourth-order valence-corrected chi connectivity index (χ4v) is 3.30. The highest BCUT2D eigenvalue weighted by Gasteiger charge is 2.22. The minimum Gasteiger partial charge on any atom is -0.396 e. The lowest BCUT2D eigenvalue weighted by atomic mass is 10.1. The summed E-state index contributed by atoms with van der Waals surface area (Å²) >= 11 is 0. The highest BCUT2D eigenvalue weighted by Crippen LogP contribution is 2.17. The summed E-state index contributed by atoms with van der Waals surface area (Å²) in [5.41, 5.74) is 1.01. The molecule has 0 fully saturated rings. The van der Waals surface area contributed by atoms with Gasteiger partial charge < -0.3 is 9.84 Å². The third-order valence-electron chi connectivity index (χ3n) is 3.06. The molecule has 0 saturated carbocycles. The van der Waals surface area contributed by atoms with Crippen molar-refractivity contribution in [1.82, 2.24) is 4.31 Å². The van der Waals surface area contributed by atoms with E-state index in [9.17, 15) is 8.42 Å². The van der Waals surface area contributed by atoms with Gasteiger partial charge in [0, 0.05) is 26.8 Å². The molecule has 0 unspecified atom stereocenters. The maximum Gasteiger partial charge on any atom is 0.243 e. The van der Waals surface area contributed by atoms with Crippen molar-refractivity contribution in [2.24, 2.45) is 0 Å². The lowest BCUT2D eigenvalue weighted by Gasteiger charge is -2.20. The van der Waals surface area contributed by atoms with Crippen LogP contribution in [0.4, 0.5) is 0 Å². The van der Waals surface area contributed by atoms with Crippen molar-refractivity contribution in [2.45, 2.75) is 17.7 Å². The summed E-state index contributed by atoms with van der Waals surface area (Å²) in [7, 11) is -2.00. The quantitative estimate of drug-likeness (QED) is 0.664. The molecule has 0 saturated heterocycles. The van der Waals surface area contributed by atoms with Gasteiger partial charge in [-0.3, -0.25) is 0 Å². The van der Waals surface area contributed by atoms with Crippen molar-refractivity contribution in [3.8, 4) is 0 Å². The van der Waals surface area contributed by atoms with Gasteiger partial charge in [-0.15, -0.1) is 6.58 Å². The zero-order valence-corrected chi connectivity index (χ0v) is 13.2. The van der Waals surface area contributed by atoms with Gasteiger partial charge in [0.15, 0.2) is 0 Å². The third-order valence-corrected chi connectivity index (χ3v) is 4.94. The largest absolute Gasteiger partial charge is 0.396 e. The predicted molar refractivity (Wildman–Crippen MR) is 82.7 cm³/mol. The van der Waals surface area contributed by atoms with Crippen LogP contribution in [-0.4, -0.2) is 51.2 Å². The highest BCUT2D eigenvalue weighted by atomic mass is 32.2. The third kappa shape index (κ3) is 5.24. The Bertz CT molecular complexity index is 525. The van der Waals surface area contributed by atoms with Crippen LogP contribution in [0.15, 0.2) is 41.8 Å². The second-order valence-corrected chi connectivity index (χ2v) is 6.55. The summed E-state index contributed by atoms with van der Waals surface area (Å²) < 4.78 is 31.4. The smallest absolute Gasteiger partial charge is 0.243 e. The first kappa shape index (κ1) is 17.8. The molecule has 0 atom stereocenters. The predicted octanol–water partition coefficient (Wildman–Crippen LogP) is 1.43. The van der Waals surface area contributed by atoms with Gasteiger partial charge in [-0.2, -0.15) is 4.31 Å². The number of ether oxygens (including phenoxy) is 1. The van der Waals surface area contributed by atoms with E-state index in [1.165, 1.54) is 11.4 Å². The summed E-state index contributed by atoms with van der Waals surface area (Å²) in [6.45, 7) is 4.59. The number of aryl methyl sites for hydroxylation is 1. The van der Waals surface area contributed by atoms with Crippen LogP contribution in [0.1, 0.15) is 12.0 Å². The average Bonchev–Trinajstić information content (AvgIpc) is 2.49. The highest BCUT2D eigenvalue weighted by molar-refractivity contribution is 7.89. The molecular weight excluding hydrogens is 290 g/mol. The number of methoxy groups -OCH3 is 1. The van der Waals surface area contributed by atoms with E-state index in [0.717, 1.165) is 12.0 Å². The maximum absolute atomic E-state index is 12.5. The van der Waals surface area contributed by atoms with Crippen LogP contribution in [0.2, 0.25) is 0 Å². The van der Waals surface area contributed by atoms with Crippen molar-refractivity contribution in [3.05, 3.63) is 42.5 Å². The van der Waals surface area contributed by atoms with E-state index < -0.39 is 10.0 Å². The molecule has 0 bridgehead atoms. The number of benzene rings is 1. The zero-order valence-electron chi connectivity index (χ0n) is 12.4. The van der Waals surface area contributed by atoms with E-state index in [0.29, 0.717) is 13.0 Å². The first-order valence-corrected chi connectivity index (χ1v) is 8.30. The Morgan fingerprint density at radius 1 is 1.33 bits per heavy atom. The van der Waals surface area contributed by atoms with Crippen LogP contribution in [0.3, 0.4) is 0 Å². The maximum atomic E-state index is 12.5. The minimum atomic E-state index is -3.54. The summed E-state index contributed by atoms with van der Waals surface area (Å²) in [6, 6.07) is 6.77. The molecule has 0 aliphatic carbocycles. The molecule has 118 valence electrons. The Kier molecular flexibility index (Phi) is 7.60. The molecule has 5 nitrogen and oxygen atoms in total. The molecule has 1 aromatic rings. The van der Waals surface area contributed by atoms with Gasteiger partial charge in [0.1, 0.15) is 0 Å². The Hall–Kier alpha value is -1.21. The van der Waals surface area contributed by atoms with Crippen LogP contribution in [0.5, 0.6) is 0 Å². The first-order chi connectivity index (χ1) is 10.1. The normalized spacial score (nSPS) is 11.8. The molecular formula is C15H23NO4S. The number of aliphatic hydroxyl groups is 1. The van der Waals surface area contributed by atoms with Crippen molar-refractivity contribution >= 4 is 10.0 Å². The van der Waals surface area contributed by atoms with Crippen molar-refractivity contribution < 1.29 is 18.3 Å². The molecule has 6 heteroatoms. The first-order valence-electron chi connectivity index (χ1n) is 6.86. The van der Waals surface area contributed by atoms with Gasteiger partial charge in [0.2, 0.25) is 10.0 Å². The second kappa shape index (κ2) is 8.94. The molecule has 1 N–H and O–H groups in total. The van der Waals surface area contributed by atoms with Crippen molar-refractivity contribution in [1.29, 1.82) is 0 Å². The molecule has 0 spiro atoms. The van der Waals surface area contributed by atoms with Crippen LogP contribution < -0.4 is 0 Å². The number of hydrogen-bond donors (Lipinski definition) is 1. The molecule has 0 aliphatic heterocycles. The molecule has 0 aliphatic rings. The van der Waals surface area contributed by atoms with Gasteiger partial charge in [0.25, 0.3) is 0 Å². The Morgan fingerprint density at radius 2 is 2.00 bits per heavy atom. The Labute approximate surface area is 126 Å². The van der Waals surface area contributed by atoms with Gasteiger partial charge >= 0.3 is 0 Å². The monoisotopic (exact) mass is 313 g/mol. The van der Waals surface area contributed by atoms with E-state index in [4.69, 9.17) is 9.84 Å². The van der Waals surface area contributed by atoms with Crippen molar-refractivity contribution in [3.63, 3.8) is 0 Å². The number of hydrogen-bond acceptors (Lipinski definition) is 4. The van der Waals surface area contributed by atoms with E-state index >= 15 is 0 Å². The standard InChI is InChI=1S/C15H23NO4S/c1-3-10-16(11-13-20-2)21(18,19)15-8-6-14(7-9-15)5-4-12-17/h3,6-9,17H,1,4-5,10-13H2,2H3. The number of rotatable bonds is 10. The fraction of sp³-hybridized carbons (Fsp3) is 0.467. The molecule has 1 rings (SSSR count). The SMILES string of the molecule is C=CCN(CCOC)S(=O)(=O)c1ccc(CCCO)cc1. The zero-order chi connectivity index (χ0) is 15.7. The molecule has 0 heterocycles. The van der Waals surface area contributed by atoms with E-state index in [1.807, 2.05) is 0 Å². The Balaban J connectivity index is 2.90. The van der Waals surface area contributed by atoms with Crippen LogP contribution in [0, 0.1) is 0 Å². The van der Waals surface area contributed by atoms with E-state index in [2.05, 4.69) is 6.58 Å². The molecule has 0 aromatic heterocycles. The summed E-state index contributed by atoms with van der Waals surface area (Å²) in [5, 5.41) is 8.80. The average molecular weight is 313 g/mol. The molecule has 0 amide bonds. The van der Waals surface area contributed by atoms with Crippen LogP contribution >= 0.6 is 0 Å². The topological polar surface area (TPSA) is 66.8 Å². The molecule has 1 aromatic carbocycles. The van der Waals surface area contributed by atoms with Gasteiger partial charge in [-0.05, 0) is 30.5 Å².